The lowest BCUT2D eigenvalue weighted by Gasteiger charge is -2.28. The standard InChI is InChI=1S/C17H33NO3/c1-6-21-15(19)17(5,18-14-8-9-14)10-7-12-20-13-11-16(2,3)4/h14,18H,6-13H2,1-5H3. The first kappa shape index (κ1) is 18.4. The Morgan fingerprint density at radius 2 is 1.81 bits per heavy atom. The van der Waals surface area contributed by atoms with Gasteiger partial charge in [0.15, 0.2) is 0 Å². The van der Waals surface area contributed by atoms with E-state index in [2.05, 4.69) is 26.1 Å². The van der Waals surface area contributed by atoms with Crippen molar-refractivity contribution in [1.82, 2.24) is 5.32 Å². The van der Waals surface area contributed by atoms with Crippen molar-refractivity contribution in [2.45, 2.75) is 78.3 Å². The lowest BCUT2D eigenvalue weighted by Crippen LogP contribution is -2.51. The van der Waals surface area contributed by atoms with E-state index in [0.29, 0.717) is 24.7 Å². The summed E-state index contributed by atoms with van der Waals surface area (Å²) in [6, 6.07) is 0.487. The molecule has 0 spiro atoms. The number of esters is 1. The lowest BCUT2D eigenvalue weighted by atomic mass is 9.93. The number of rotatable bonds is 10. The molecule has 1 rings (SSSR count). The summed E-state index contributed by atoms with van der Waals surface area (Å²) < 4.78 is 10.9. The maximum absolute atomic E-state index is 12.2. The van der Waals surface area contributed by atoms with Crippen molar-refractivity contribution in [3.05, 3.63) is 0 Å². The van der Waals surface area contributed by atoms with Crippen LogP contribution in [0.4, 0.5) is 0 Å². The summed E-state index contributed by atoms with van der Waals surface area (Å²) in [5.74, 6) is -0.133. The van der Waals surface area contributed by atoms with Gasteiger partial charge in [-0.15, -0.1) is 0 Å². The van der Waals surface area contributed by atoms with E-state index < -0.39 is 5.54 Å². The number of ether oxygens (including phenoxy) is 2. The van der Waals surface area contributed by atoms with Gasteiger partial charge in [0.1, 0.15) is 5.54 Å². The molecule has 0 saturated heterocycles. The van der Waals surface area contributed by atoms with E-state index in [1.165, 1.54) is 0 Å². The van der Waals surface area contributed by atoms with Crippen molar-refractivity contribution in [3.63, 3.8) is 0 Å². The van der Waals surface area contributed by atoms with Crippen LogP contribution in [0.5, 0.6) is 0 Å². The predicted molar refractivity (Wildman–Crippen MR) is 85.3 cm³/mol. The van der Waals surface area contributed by atoms with Gasteiger partial charge in [0.2, 0.25) is 0 Å². The molecule has 0 amide bonds. The molecule has 124 valence electrons. The van der Waals surface area contributed by atoms with Crippen molar-refractivity contribution in [1.29, 1.82) is 0 Å². The van der Waals surface area contributed by atoms with Gasteiger partial charge >= 0.3 is 5.97 Å². The third-order valence-electron chi connectivity index (χ3n) is 3.79. The van der Waals surface area contributed by atoms with Gasteiger partial charge in [0.25, 0.3) is 0 Å². The maximum atomic E-state index is 12.2. The summed E-state index contributed by atoms with van der Waals surface area (Å²) in [4.78, 5) is 12.2. The molecule has 0 aromatic carbocycles. The van der Waals surface area contributed by atoms with Gasteiger partial charge in [-0.2, -0.15) is 0 Å². The first-order valence-corrected chi connectivity index (χ1v) is 8.29. The highest BCUT2D eigenvalue weighted by Gasteiger charge is 2.39. The summed E-state index contributed by atoms with van der Waals surface area (Å²) in [6.45, 7) is 12.4. The molecule has 1 aliphatic rings. The zero-order valence-electron chi connectivity index (χ0n) is 14.5. The molecule has 1 fully saturated rings. The summed E-state index contributed by atoms with van der Waals surface area (Å²) in [6.07, 6.45) is 5.02. The molecule has 0 heterocycles. The van der Waals surface area contributed by atoms with Crippen LogP contribution in [-0.4, -0.2) is 37.4 Å². The van der Waals surface area contributed by atoms with Gasteiger partial charge in [-0.3, -0.25) is 10.1 Å². The Morgan fingerprint density at radius 3 is 2.33 bits per heavy atom. The molecule has 0 radical (unpaired) electrons. The third kappa shape index (κ3) is 7.82. The average molecular weight is 299 g/mol. The van der Waals surface area contributed by atoms with E-state index in [9.17, 15) is 4.79 Å². The zero-order valence-corrected chi connectivity index (χ0v) is 14.5. The minimum absolute atomic E-state index is 0.133. The molecule has 21 heavy (non-hydrogen) atoms. The van der Waals surface area contributed by atoms with Gasteiger partial charge in [-0.05, 0) is 51.4 Å². The van der Waals surface area contributed by atoms with Crippen LogP contribution < -0.4 is 5.32 Å². The lowest BCUT2D eigenvalue weighted by molar-refractivity contribution is -0.151. The largest absolute Gasteiger partial charge is 0.465 e. The Labute approximate surface area is 130 Å². The van der Waals surface area contributed by atoms with Gasteiger partial charge < -0.3 is 9.47 Å². The van der Waals surface area contributed by atoms with Crippen LogP contribution in [0.15, 0.2) is 0 Å². The van der Waals surface area contributed by atoms with Crippen molar-refractivity contribution in [3.8, 4) is 0 Å². The summed E-state index contributed by atoms with van der Waals surface area (Å²) in [7, 11) is 0. The average Bonchev–Trinajstić information content (AvgIpc) is 3.16. The SMILES string of the molecule is CCOC(=O)C(C)(CCCOCCC(C)(C)C)NC1CC1. The van der Waals surface area contributed by atoms with E-state index in [4.69, 9.17) is 9.47 Å². The van der Waals surface area contributed by atoms with Crippen molar-refractivity contribution >= 4 is 5.97 Å². The van der Waals surface area contributed by atoms with E-state index in [1.54, 1.807) is 0 Å². The molecule has 4 nitrogen and oxygen atoms in total. The molecular formula is C17H33NO3. The van der Waals surface area contributed by atoms with Crippen molar-refractivity contribution < 1.29 is 14.3 Å². The Kier molecular flexibility index (Phi) is 7.14. The third-order valence-corrected chi connectivity index (χ3v) is 3.79. The molecular weight excluding hydrogens is 266 g/mol. The Bertz CT molecular complexity index is 320. The molecule has 1 N–H and O–H groups in total. The minimum atomic E-state index is -0.565. The van der Waals surface area contributed by atoms with E-state index >= 15 is 0 Å². The fourth-order valence-electron chi connectivity index (χ4n) is 2.21. The van der Waals surface area contributed by atoms with Crippen molar-refractivity contribution in [2.24, 2.45) is 5.41 Å². The Morgan fingerprint density at radius 1 is 1.14 bits per heavy atom. The van der Waals surface area contributed by atoms with Crippen LogP contribution in [0.2, 0.25) is 0 Å². The second-order valence-corrected chi connectivity index (χ2v) is 7.50. The fourth-order valence-corrected chi connectivity index (χ4v) is 2.21. The van der Waals surface area contributed by atoms with Crippen LogP contribution in [0.3, 0.4) is 0 Å². The van der Waals surface area contributed by atoms with Crippen LogP contribution in [0, 0.1) is 5.41 Å². The Hall–Kier alpha value is -0.610. The molecule has 1 unspecified atom stereocenters. The predicted octanol–water partition coefficient (Wildman–Crippen LogP) is 3.29. The second kappa shape index (κ2) is 8.14. The minimum Gasteiger partial charge on any atom is -0.465 e. The maximum Gasteiger partial charge on any atom is 0.326 e. The molecule has 1 saturated carbocycles. The first-order chi connectivity index (χ1) is 9.77. The van der Waals surface area contributed by atoms with Crippen LogP contribution in [0.25, 0.3) is 0 Å². The van der Waals surface area contributed by atoms with Gasteiger partial charge in [0.05, 0.1) is 6.61 Å². The molecule has 1 aliphatic carbocycles. The van der Waals surface area contributed by atoms with E-state index in [0.717, 1.165) is 38.7 Å². The fraction of sp³-hybridized carbons (Fsp3) is 0.941. The molecule has 0 bridgehead atoms. The monoisotopic (exact) mass is 299 g/mol. The zero-order chi connectivity index (χ0) is 15.9. The van der Waals surface area contributed by atoms with E-state index in [1.807, 2.05) is 13.8 Å². The summed E-state index contributed by atoms with van der Waals surface area (Å²) in [5.41, 5.74) is -0.252. The molecule has 0 aromatic rings. The highest BCUT2D eigenvalue weighted by atomic mass is 16.5. The van der Waals surface area contributed by atoms with Gasteiger partial charge in [-0.1, -0.05) is 20.8 Å². The number of nitrogens with one attached hydrogen (secondary N) is 1. The van der Waals surface area contributed by atoms with Gasteiger partial charge in [-0.25, -0.2) is 0 Å². The second-order valence-electron chi connectivity index (χ2n) is 7.50. The molecule has 1 atom stereocenters. The Balaban J connectivity index is 2.27. The molecule has 0 aromatic heterocycles. The molecule has 0 aliphatic heterocycles. The topological polar surface area (TPSA) is 47.6 Å². The van der Waals surface area contributed by atoms with Gasteiger partial charge in [0, 0.05) is 19.3 Å². The van der Waals surface area contributed by atoms with Crippen LogP contribution >= 0.6 is 0 Å². The van der Waals surface area contributed by atoms with E-state index in [-0.39, 0.29) is 5.97 Å². The summed E-state index contributed by atoms with van der Waals surface area (Å²) >= 11 is 0. The number of carbonyl (C=O) groups is 1. The first-order valence-electron chi connectivity index (χ1n) is 8.29. The quantitative estimate of drug-likeness (QED) is 0.497. The number of carbonyl (C=O) groups excluding carboxylic acids is 1. The normalized spacial score (nSPS) is 18.3. The number of hydrogen-bond acceptors (Lipinski definition) is 4. The highest BCUT2D eigenvalue weighted by molar-refractivity contribution is 5.80. The summed E-state index contributed by atoms with van der Waals surface area (Å²) in [5, 5.41) is 3.44. The highest BCUT2D eigenvalue weighted by Crippen LogP contribution is 2.26. The smallest absolute Gasteiger partial charge is 0.326 e. The number of hydrogen-bond donors (Lipinski definition) is 1. The van der Waals surface area contributed by atoms with Crippen LogP contribution in [-0.2, 0) is 14.3 Å². The molecule has 4 heteroatoms. The van der Waals surface area contributed by atoms with Crippen molar-refractivity contribution in [2.75, 3.05) is 19.8 Å². The van der Waals surface area contributed by atoms with Crippen LogP contribution in [0.1, 0.15) is 66.7 Å².